The van der Waals surface area contributed by atoms with Crippen LogP contribution >= 0.6 is 23.4 Å². The SMILES string of the molecule is CCC1(CN2CCN(c3cc(SCC(F)(F)F)c(C)cc3F)CC2)C=CC(Cl)=CC1. The Kier molecular flexibility index (Phi) is 7.46. The third-order valence-electron chi connectivity index (χ3n) is 5.89. The first kappa shape index (κ1) is 23.5. The highest BCUT2D eigenvalue weighted by Crippen LogP contribution is 2.37. The summed E-state index contributed by atoms with van der Waals surface area (Å²) in [5.74, 6) is -1.35. The van der Waals surface area contributed by atoms with E-state index in [1.807, 2.05) is 11.0 Å². The monoisotopic (exact) mass is 462 g/mol. The maximum absolute atomic E-state index is 14.6. The highest BCUT2D eigenvalue weighted by molar-refractivity contribution is 7.99. The molecule has 1 atom stereocenters. The molecule has 3 rings (SSSR count). The number of thioether (sulfide) groups is 1. The van der Waals surface area contributed by atoms with Crippen molar-refractivity contribution in [2.45, 2.75) is 37.8 Å². The van der Waals surface area contributed by atoms with Crippen molar-refractivity contribution in [3.63, 3.8) is 0 Å². The maximum Gasteiger partial charge on any atom is 0.398 e. The molecule has 0 radical (unpaired) electrons. The molecule has 1 aromatic rings. The molecule has 1 aromatic carbocycles. The molecule has 2 aliphatic rings. The van der Waals surface area contributed by atoms with Gasteiger partial charge >= 0.3 is 6.18 Å². The lowest BCUT2D eigenvalue weighted by Gasteiger charge is -2.41. The van der Waals surface area contributed by atoms with Crippen LogP contribution in [0.1, 0.15) is 25.3 Å². The fraction of sp³-hybridized carbons (Fsp3) is 0.545. The second kappa shape index (κ2) is 9.53. The van der Waals surface area contributed by atoms with Crippen LogP contribution in [-0.2, 0) is 0 Å². The van der Waals surface area contributed by atoms with E-state index in [9.17, 15) is 17.6 Å². The molecule has 1 aliphatic carbocycles. The molecule has 8 heteroatoms. The Morgan fingerprint density at radius 3 is 2.43 bits per heavy atom. The number of hydrogen-bond acceptors (Lipinski definition) is 3. The lowest BCUT2D eigenvalue weighted by molar-refractivity contribution is -0.105. The summed E-state index contributed by atoms with van der Waals surface area (Å²) in [4.78, 5) is 4.80. The number of rotatable bonds is 6. The van der Waals surface area contributed by atoms with Crippen LogP contribution in [0.5, 0.6) is 0 Å². The van der Waals surface area contributed by atoms with Gasteiger partial charge in [0.25, 0.3) is 0 Å². The molecule has 0 N–H and O–H groups in total. The molecule has 166 valence electrons. The minimum absolute atomic E-state index is 0.0665. The predicted molar refractivity (Wildman–Crippen MR) is 117 cm³/mol. The van der Waals surface area contributed by atoms with Crippen molar-refractivity contribution in [3.8, 4) is 0 Å². The first-order valence-electron chi connectivity index (χ1n) is 10.1. The molecule has 30 heavy (non-hydrogen) atoms. The van der Waals surface area contributed by atoms with Crippen molar-refractivity contribution in [3.05, 3.63) is 46.8 Å². The van der Waals surface area contributed by atoms with Crippen LogP contribution in [0.4, 0.5) is 23.2 Å². The summed E-state index contributed by atoms with van der Waals surface area (Å²) in [6.45, 7) is 7.59. The first-order chi connectivity index (χ1) is 14.1. The molecule has 1 heterocycles. The largest absolute Gasteiger partial charge is 0.398 e. The molecule has 1 fully saturated rings. The highest BCUT2D eigenvalue weighted by atomic mass is 35.5. The Hall–Kier alpha value is -1.18. The minimum Gasteiger partial charge on any atom is -0.367 e. The van der Waals surface area contributed by atoms with Crippen molar-refractivity contribution in [1.82, 2.24) is 4.90 Å². The minimum atomic E-state index is -4.25. The molecular formula is C22H27ClF4N2S. The normalized spacial score (nSPS) is 23.0. The van der Waals surface area contributed by atoms with Crippen LogP contribution in [0.2, 0.25) is 0 Å². The Bertz CT molecular complexity index is 816. The molecule has 1 saturated heterocycles. The number of anilines is 1. The van der Waals surface area contributed by atoms with Gasteiger partial charge in [0.15, 0.2) is 0 Å². The molecular weight excluding hydrogens is 436 g/mol. The van der Waals surface area contributed by atoms with Crippen LogP contribution < -0.4 is 4.90 Å². The summed E-state index contributed by atoms with van der Waals surface area (Å²) < 4.78 is 52.4. The lowest BCUT2D eigenvalue weighted by atomic mass is 9.78. The maximum atomic E-state index is 14.6. The van der Waals surface area contributed by atoms with E-state index in [2.05, 4.69) is 24.0 Å². The number of allylic oxidation sites excluding steroid dienone is 3. The van der Waals surface area contributed by atoms with Crippen molar-refractivity contribution in [2.24, 2.45) is 5.41 Å². The quantitative estimate of drug-likeness (QED) is 0.357. The topological polar surface area (TPSA) is 6.48 Å². The second-order valence-electron chi connectivity index (χ2n) is 8.08. The number of benzene rings is 1. The van der Waals surface area contributed by atoms with Gasteiger partial charge in [0.05, 0.1) is 11.4 Å². The zero-order valence-corrected chi connectivity index (χ0v) is 18.8. The summed E-state index contributed by atoms with van der Waals surface area (Å²) in [6.07, 6.45) is 3.89. The third kappa shape index (κ3) is 5.95. The standard InChI is InChI=1S/C22H27ClF4N2S/c1-3-21(6-4-17(23)5-7-21)14-28-8-10-29(11-9-28)19-13-20(16(2)12-18(19)24)30-15-22(25,26)27/h4-6,12-13H,3,7-11,14-15H2,1-2H3. The van der Waals surface area contributed by atoms with Crippen LogP contribution in [0.15, 0.2) is 40.3 Å². The van der Waals surface area contributed by atoms with Crippen molar-refractivity contribution >= 4 is 29.1 Å². The van der Waals surface area contributed by atoms with Gasteiger partial charge in [-0.05, 0) is 43.5 Å². The summed E-state index contributed by atoms with van der Waals surface area (Å²) in [5, 5.41) is 0.776. The summed E-state index contributed by atoms with van der Waals surface area (Å²) in [7, 11) is 0. The van der Waals surface area contributed by atoms with Crippen molar-refractivity contribution < 1.29 is 17.6 Å². The molecule has 0 aromatic heterocycles. The zero-order valence-electron chi connectivity index (χ0n) is 17.2. The van der Waals surface area contributed by atoms with E-state index in [4.69, 9.17) is 11.6 Å². The first-order valence-corrected chi connectivity index (χ1v) is 11.5. The molecule has 0 amide bonds. The predicted octanol–water partition coefficient (Wildman–Crippen LogP) is 6.39. The van der Waals surface area contributed by atoms with E-state index in [0.717, 1.165) is 37.5 Å². The van der Waals surface area contributed by atoms with Gasteiger partial charge in [-0.25, -0.2) is 4.39 Å². The van der Waals surface area contributed by atoms with E-state index in [-0.39, 0.29) is 11.2 Å². The summed E-state index contributed by atoms with van der Waals surface area (Å²) in [6, 6.07) is 2.91. The second-order valence-corrected chi connectivity index (χ2v) is 9.53. The van der Waals surface area contributed by atoms with Crippen LogP contribution in [0, 0.1) is 18.2 Å². The number of halogens is 5. The average Bonchev–Trinajstić information content (AvgIpc) is 2.69. The molecule has 2 nitrogen and oxygen atoms in total. The van der Waals surface area contributed by atoms with E-state index in [1.165, 1.54) is 6.07 Å². The molecule has 0 bridgehead atoms. The Balaban J connectivity index is 1.64. The lowest BCUT2D eigenvalue weighted by Crippen LogP contribution is -2.50. The Morgan fingerprint density at radius 2 is 1.87 bits per heavy atom. The number of nitrogens with zero attached hydrogens (tertiary/aromatic N) is 2. The van der Waals surface area contributed by atoms with Gasteiger partial charge in [-0.3, -0.25) is 4.90 Å². The Morgan fingerprint density at radius 1 is 1.17 bits per heavy atom. The number of alkyl halides is 3. The van der Waals surface area contributed by atoms with Gasteiger partial charge in [0, 0.05) is 48.1 Å². The summed E-state index contributed by atoms with van der Waals surface area (Å²) in [5.41, 5.74) is 0.990. The zero-order chi connectivity index (χ0) is 21.9. The number of aryl methyl sites for hydroxylation is 1. The smallest absolute Gasteiger partial charge is 0.367 e. The van der Waals surface area contributed by atoms with Crippen LogP contribution in [0.25, 0.3) is 0 Å². The number of piperazine rings is 1. The van der Waals surface area contributed by atoms with Gasteiger partial charge in [0.1, 0.15) is 5.82 Å². The molecule has 1 unspecified atom stereocenters. The summed E-state index contributed by atoms with van der Waals surface area (Å²) >= 11 is 6.79. The highest BCUT2D eigenvalue weighted by Gasteiger charge is 2.31. The van der Waals surface area contributed by atoms with Crippen LogP contribution in [0.3, 0.4) is 0 Å². The number of hydrogen-bond donors (Lipinski definition) is 0. The van der Waals surface area contributed by atoms with E-state index < -0.39 is 11.9 Å². The van der Waals surface area contributed by atoms with Gasteiger partial charge in [-0.2, -0.15) is 13.2 Å². The van der Waals surface area contributed by atoms with Gasteiger partial charge in [-0.1, -0.05) is 30.7 Å². The van der Waals surface area contributed by atoms with Gasteiger partial charge in [0.2, 0.25) is 0 Å². The fourth-order valence-corrected chi connectivity index (χ4v) is 4.92. The third-order valence-corrected chi connectivity index (χ3v) is 7.39. The van der Waals surface area contributed by atoms with E-state index in [0.29, 0.717) is 41.0 Å². The molecule has 0 spiro atoms. The van der Waals surface area contributed by atoms with Crippen LogP contribution in [-0.4, -0.2) is 49.6 Å². The van der Waals surface area contributed by atoms with Crippen molar-refractivity contribution in [2.75, 3.05) is 43.4 Å². The van der Waals surface area contributed by atoms with Gasteiger partial charge < -0.3 is 4.90 Å². The van der Waals surface area contributed by atoms with E-state index in [1.54, 1.807) is 13.0 Å². The average molecular weight is 463 g/mol. The molecule has 1 aliphatic heterocycles. The van der Waals surface area contributed by atoms with Crippen molar-refractivity contribution in [1.29, 1.82) is 0 Å². The van der Waals surface area contributed by atoms with E-state index >= 15 is 0 Å². The van der Waals surface area contributed by atoms with Gasteiger partial charge in [-0.15, -0.1) is 11.8 Å². The molecule has 0 saturated carbocycles. The Labute approximate surface area is 184 Å². The fourth-order valence-electron chi connectivity index (χ4n) is 3.98.